The van der Waals surface area contributed by atoms with Gasteiger partial charge in [0, 0.05) is 30.8 Å². The Morgan fingerprint density at radius 3 is 2.00 bits per heavy atom. The number of ketones is 1. The number of hydrogen-bond acceptors (Lipinski definition) is 4. The van der Waals surface area contributed by atoms with Crippen molar-refractivity contribution in [1.82, 2.24) is 4.90 Å². The van der Waals surface area contributed by atoms with Crippen LogP contribution in [-0.4, -0.2) is 43.9 Å². The molecular weight excluding hydrogens is 390 g/mol. The van der Waals surface area contributed by atoms with Crippen LogP contribution >= 0.6 is 0 Å². The van der Waals surface area contributed by atoms with Crippen LogP contribution in [0.1, 0.15) is 66.5 Å². The van der Waals surface area contributed by atoms with Gasteiger partial charge in [-0.1, -0.05) is 39.0 Å². The number of allylic oxidation sites excluding steroid dienone is 1. The van der Waals surface area contributed by atoms with Crippen LogP contribution in [0.3, 0.4) is 0 Å². The van der Waals surface area contributed by atoms with Gasteiger partial charge >= 0.3 is 0 Å². The molecule has 0 heterocycles. The lowest BCUT2D eigenvalue weighted by atomic mass is 9.84. The molecule has 0 saturated carbocycles. The summed E-state index contributed by atoms with van der Waals surface area (Å²) >= 11 is 0. The molecule has 0 radical (unpaired) electrons. The first-order valence-electron chi connectivity index (χ1n) is 10.6. The smallest absolute Gasteiger partial charge is 0.253 e. The predicted molar refractivity (Wildman–Crippen MR) is 125 cm³/mol. The van der Waals surface area contributed by atoms with Crippen LogP contribution in [0.15, 0.2) is 42.5 Å². The maximum absolute atomic E-state index is 12.8. The van der Waals surface area contributed by atoms with E-state index in [1.807, 2.05) is 26.0 Å². The summed E-state index contributed by atoms with van der Waals surface area (Å²) < 4.78 is 11.8. The summed E-state index contributed by atoms with van der Waals surface area (Å²) in [6.07, 6.45) is 3.28. The molecule has 0 saturated heterocycles. The van der Waals surface area contributed by atoms with Gasteiger partial charge in [0.25, 0.3) is 5.91 Å². The SMILES string of the molecule is CCOc1ccc(C(C)(C)C)c(OCC)c1/C=C/C(=O)c1ccc(C(=O)N(C)C)cc1. The number of hydrogen-bond donors (Lipinski definition) is 0. The van der Waals surface area contributed by atoms with Gasteiger partial charge in [0.15, 0.2) is 5.78 Å². The van der Waals surface area contributed by atoms with Crippen molar-refractivity contribution in [2.45, 2.75) is 40.0 Å². The Hall–Kier alpha value is -3.08. The maximum Gasteiger partial charge on any atom is 0.253 e. The van der Waals surface area contributed by atoms with Gasteiger partial charge in [-0.05, 0) is 49.6 Å². The van der Waals surface area contributed by atoms with Crippen LogP contribution in [0, 0.1) is 0 Å². The van der Waals surface area contributed by atoms with Crippen LogP contribution in [0.4, 0.5) is 0 Å². The molecule has 0 N–H and O–H groups in total. The van der Waals surface area contributed by atoms with E-state index in [9.17, 15) is 9.59 Å². The average Bonchev–Trinajstić information content (AvgIpc) is 2.72. The highest BCUT2D eigenvalue weighted by molar-refractivity contribution is 6.07. The van der Waals surface area contributed by atoms with Gasteiger partial charge in [0.1, 0.15) is 11.5 Å². The zero-order valence-electron chi connectivity index (χ0n) is 19.6. The molecule has 0 bridgehead atoms. The topological polar surface area (TPSA) is 55.8 Å². The fourth-order valence-corrected chi connectivity index (χ4v) is 3.20. The third kappa shape index (κ3) is 5.97. The van der Waals surface area contributed by atoms with Crippen molar-refractivity contribution < 1.29 is 19.1 Å². The van der Waals surface area contributed by atoms with E-state index in [2.05, 4.69) is 20.8 Å². The molecule has 0 unspecified atom stereocenters. The highest BCUT2D eigenvalue weighted by Gasteiger charge is 2.23. The normalized spacial score (nSPS) is 11.5. The highest BCUT2D eigenvalue weighted by Crippen LogP contribution is 2.40. The van der Waals surface area contributed by atoms with Crippen molar-refractivity contribution in [1.29, 1.82) is 0 Å². The third-order valence-electron chi connectivity index (χ3n) is 4.78. The van der Waals surface area contributed by atoms with Gasteiger partial charge in [-0.2, -0.15) is 0 Å². The summed E-state index contributed by atoms with van der Waals surface area (Å²) in [4.78, 5) is 26.3. The molecular formula is C26H33NO4. The Labute approximate surface area is 185 Å². The minimum atomic E-state index is -0.157. The molecule has 2 rings (SSSR count). The molecule has 1 amide bonds. The molecule has 0 aliphatic heterocycles. The van der Waals surface area contributed by atoms with Crippen LogP contribution in [0.5, 0.6) is 11.5 Å². The first kappa shape index (κ1) is 24.2. The van der Waals surface area contributed by atoms with Crippen molar-refractivity contribution in [2.75, 3.05) is 27.3 Å². The fourth-order valence-electron chi connectivity index (χ4n) is 3.20. The van der Waals surface area contributed by atoms with E-state index in [4.69, 9.17) is 9.47 Å². The first-order chi connectivity index (χ1) is 14.6. The molecule has 0 atom stereocenters. The fraction of sp³-hybridized carbons (Fsp3) is 0.385. The quantitative estimate of drug-likeness (QED) is 0.423. The van der Waals surface area contributed by atoms with Crippen LogP contribution in [0.25, 0.3) is 6.08 Å². The first-order valence-corrected chi connectivity index (χ1v) is 10.6. The number of carbonyl (C=O) groups is 2. The summed E-state index contributed by atoms with van der Waals surface area (Å²) in [7, 11) is 3.39. The molecule has 0 spiro atoms. The Kier molecular flexibility index (Phi) is 8.03. The summed E-state index contributed by atoms with van der Waals surface area (Å²) in [6.45, 7) is 11.3. The van der Waals surface area contributed by atoms with E-state index < -0.39 is 0 Å². The summed E-state index contributed by atoms with van der Waals surface area (Å²) in [5.41, 5.74) is 2.73. The predicted octanol–water partition coefficient (Wildman–Crippen LogP) is 5.38. The molecule has 0 aromatic heterocycles. The van der Waals surface area contributed by atoms with E-state index in [1.165, 1.54) is 11.0 Å². The van der Waals surface area contributed by atoms with Crippen LogP contribution < -0.4 is 9.47 Å². The molecule has 166 valence electrons. The highest BCUT2D eigenvalue weighted by atomic mass is 16.5. The number of benzene rings is 2. The van der Waals surface area contributed by atoms with Gasteiger partial charge < -0.3 is 14.4 Å². The van der Waals surface area contributed by atoms with E-state index >= 15 is 0 Å². The summed E-state index contributed by atoms with van der Waals surface area (Å²) in [6, 6.07) is 10.6. The molecule has 5 heteroatoms. The Morgan fingerprint density at radius 2 is 1.48 bits per heavy atom. The minimum absolute atomic E-state index is 0.101. The van der Waals surface area contributed by atoms with Crippen LogP contribution in [0.2, 0.25) is 0 Å². The maximum atomic E-state index is 12.8. The lowest BCUT2D eigenvalue weighted by Crippen LogP contribution is -2.21. The lowest BCUT2D eigenvalue weighted by Gasteiger charge is -2.25. The summed E-state index contributed by atoms with van der Waals surface area (Å²) in [5.74, 6) is 1.15. The monoisotopic (exact) mass is 423 g/mol. The second-order valence-corrected chi connectivity index (χ2v) is 8.44. The molecule has 31 heavy (non-hydrogen) atoms. The number of amides is 1. The third-order valence-corrected chi connectivity index (χ3v) is 4.78. The molecule has 0 fully saturated rings. The van der Waals surface area contributed by atoms with Crippen molar-refractivity contribution in [3.05, 3.63) is 64.7 Å². The van der Waals surface area contributed by atoms with E-state index in [-0.39, 0.29) is 17.1 Å². The van der Waals surface area contributed by atoms with Gasteiger partial charge in [-0.15, -0.1) is 0 Å². The average molecular weight is 424 g/mol. The van der Waals surface area contributed by atoms with Gasteiger partial charge in [0.05, 0.1) is 18.8 Å². The van der Waals surface area contributed by atoms with Crippen molar-refractivity contribution in [3.63, 3.8) is 0 Å². The second-order valence-electron chi connectivity index (χ2n) is 8.44. The van der Waals surface area contributed by atoms with E-state index in [0.29, 0.717) is 30.1 Å². The van der Waals surface area contributed by atoms with Gasteiger partial charge in [-0.3, -0.25) is 9.59 Å². The Bertz CT molecular complexity index is 951. The standard InChI is InChI=1S/C26H33NO4/c1-8-30-23-17-15-21(26(3,4)5)24(31-9-2)20(23)14-16-22(28)18-10-12-19(13-11-18)25(29)27(6)7/h10-17H,8-9H2,1-7H3/b16-14+. The molecule has 5 nitrogen and oxygen atoms in total. The van der Waals surface area contributed by atoms with Crippen molar-refractivity contribution in [3.8, 4) is 11.5 Å². The largest absolute Gasteiger partial charge is 0.493 e. The zero-order chi connectivity index (χ0) is 23.2. The summed E-state index contributed by atoms with van der Waals surface area (Å²) in [5, 5.41) is 0. The molecule has 0 aliphatic rings. The molecule has 2 aromatic carbocycles. The molecule has 2 aromatic rings. The minimum Gasteiger partial charge on any atom is -0.493 e. The number of ether oxygens (including phenoxy) is 2. The number of carbonyl (C=O) groups excluding carboxylic acids is 2. The van der Waals surface area contributed by atoms with Gasteiger partial charge in [-0.25, -0.2) is 0 Å². The number of nitrogens with zero attached hydrogens (tertiary/aromatic N) is 1. The Morgan fingerprint density at radius 1 is 0.903 bits per heavy atom. The Balaban J connectivity index is 2.43. The van der Waals surface area contributed by atoms with Crippen molar-refractivity contribution >= 4 is 17.8 Å². The van der Waals surface area contributed by atoms with Crippen molar-refractivity contribution in [2.24, 2.45) is 0 Å². The van der Waals surface area contributed by atoms with E-state index in [0.717, 1.165) is 16.9 Å². The number of rotatable bonds is 8. The second kappa shape index (κ2) is 10.3. The molecule has 0 aliphatic carbocycles. The zero-order valence-corrected chi connectivity index (χ0v) is 19.6. The van der Waals surface area contributed by atoms with Gasteiger partial charge in [0.2, 0.25) is 0 Å². The van der Waals surface area contributed by atoms with E-state index in [1.54, 1.807) is 44.4 Å². The lowest BCUT2D eigenvalue weighted by molar-refractivity contribution is 0.0827. The van der Waals surface area contributed by atoms with Crippen LogP contribution in [-0.2, 0) is 5.41 Å².